The fraction of sp³-hybridized carbons (Fsp3) is 0.485. The second kappa shape index (κ2) is 26.9. The summed E-state index contributed by atoms with van der Waals surface area (Å²) < 4.78 is 7.83. The number of H-pyrrole nitrogens is 1. The van der Waals surface area contributed by atoms with Crippen molar-refractivity contribution in [1.29, 1.82) is 0 Å². The molecule has 0 aliphatic carbocycles. The third-order valence-electron chi connectivity index (χ3n) is 8.33. The Morgan fingerprint density at radius 3 is 1.39 bits per heavy atom. The molecule has 54 heavy (non-hydrogen) atoms. The number of aliphatic hydroxyl groups is 1. The van der Waals surface area contributed by atoms with Gasteiger partial charge in [0.2, 0.25) is 0 Å². The van der Waals surface area contributed by atoms with Gasteiger partial charge in [-0.3, -0.25) is 9.59 Å². The molecule has 0 unspecified atom stereocenters. The summed E-state index contributed by atoms with van der Waals surface area (Å²) >= 11 is 14.4. The molecule has 0 spiro atoms. The van der Waals surface area contributed by atoms with Crippen LogP contribution in [0.4, 0.5) is 0 Å². The van der Waals surface area contributed by atoms with Crippen LogP contribution in [0.15, 0.2) is 16.0 Å². The first-order chi connectivity index (χ1) is 24.2. The molecule has 21 heteroatoms. The number of aryl methyl sites for hydroxylation is 5. The van der Waals surface area contributed by atoms with Gasteiger partial charge in [0, 0.05) is 82.2 Å². The minimum Gasteiger partial charge on any atom is -1.00 e. The number of hydrogen-bond acceptors (Lipinski definition) is 9. The summed E-state index contributed by atoms with van der Waals surface area (Å²) in [5.41, 5.74) is 8.47. The van der Waals surface area contributed by atoms with E-state index < -0.39 is 0 Å². The number of alkyl halides is 1. The van der Waals surface area contributed by atoms with Gasteiger partial charge in [-0.15, -0.1) is 0 Å². The molecule has 5 aromatic rings. The summed E-state index contributed by atoms with van der Waals surface area (Å²) in [4.78, 5) is 45.6. The monoisotopic (exact) mass is 1050 g/mol. The van der Waals surface area contributed by atoms with Crippen molar-refractivity contribution in [3.05, 3.63) is 91.0 Å². The zero-order valence-corrected chi connectivity index (χ0v) is 43.6. The van der Waals surface area contributed by atoms with Gasteiger partial charge in [0.05, 0.1) is 23.7 Å². The van der Waals surface area contributed by atoms with E-state index >= 15 is 0 Å². The summed E-state index contributed by atoms with van der Waals surface area (Å²) in [7, 11) is 7.87. The van der Waals surface area contributed by atoms with Crippen LogP contribution in [0.25, 0.3) is 0 Å². The Labute approximate surface area is 382 Å². The largest absolute Gasteiger partial charge is 1.00 e. The van der Waals surface area contributed by atoms with Crippen molar-refractivity contribution >= 4 is 92.9 Å². The predicted octanol–water partition coefficient (Wildman–Crippen LogP) is 5.17. The number of rotatable bonds is 6. The number of aromatic amines is 1. The molecule has 0 atom stereocenters. The van der Waals surface area contributed by atoms with Gasteiger partial charge < -0.3 is 29.8 Å². The molecule has 0 aliphatic heterocycles. The number of imidazole rings is 4. The first kappa shape index (κ1) is 55.2. The van der Waals surface area contributed by atoms with Crippen LogP contribution >= 0.6 is 78.2 Å². The molecule has 13 nitrogen and oxygen atoms in total. The van der Waals surface area contributed by atoms with Gasteiger partial charge in [0.15, 0.2) is 11.4 Å². The van der Waals surface area contributed by atoms with E-state index in [1.807, 2.05) is 92.7 Å². The van der Waals surface area contributed by atoms with Crippen LogP contribution in [-0.2, 0) is 45.9 Å². The molecule has 293 valence electrons. The molecule has 5 aromatic heterocycles. The van der Waals surface area contributed by atoms with Crippen molar-refractivity contribution in [3.8, 4) is 0 Å². The molecular formula is C33H50BBr4N10NaO3PS. The van der Waals surface area contributed by atoms with Crippen LogP contribution in [0.3, 0.4) is 0 Å². The number of aromatic nitrogens is 10. The fourth-order valence-corrected chi connectivity index (χ4v) is 5.85. The minimum atomic E-state index is -0.183. The number of hydrogen-bond donors (Lipinski definition) is 2. The normalized spacial score (nSPS) is 9.98. The first-order valence-corrected chi connectivity index (χ1v) is 25.3. The SMILES string of the molecule is BrP(Br)Br.Cc1cc(=O)[nH]c(SCc2nc(C)n(C)c2C)n1.Cc1nc(C=O)c(C)n1C.Cc1nc(CBr)c(C)n1C.Cc1nc(CO)c(C)n1C.[B].[H-].[Na+]. The molecule has 5 rings (SSSR count). The van der Waals surface area contributed by atoms with Gasteiger partial charge in [-0.2, -0.15) is 0 Å². The van der Waals surface area contributed by atoms with E-state index in [1.165, 1.54) is 23.5 Å². The van der Waals surface area contributed by atoms with E-state index in [0.29, 0.717) is 16.6 Å². The maximum absolute atomic E-state index is 11.3. The van der Waals surface area contributed by atoms with E-state index in [-0.39, 0.29) is 55.6 Å². The number of aldehydes is 1. The summed E-state index contributed by atoms with van der Waals surface area (Å²) in [5.74, 6) is 4.60. The summed E-state index contributed by atoms with van der Waals surface area (Å²) in [6.07, 6.45) is 0.780. The van der Waals surface area contributed by atoms with Gasteiger partial charge in [-0.25, -0.2) is 24.9 Å². The predicted molar refractivity (Wildman–Crippen MR) is 234 cm³/mol. The Balaban J connectivity index is -0.000000644. The van der Waals surface area contributed by atoms with Crippen LogP contribution in [-0.4, -0.2) is 68.0 Å². The molecular weight excluding hydrogens is 1000 g/mol. The Kier molecular flexibility index (Phi) is 27.5. The van der Waals surface area contributed by atoms with Crippen LogP contribution in [0.2, 0.25) is 0 Å². The zero-order valence-electron chi connectivity index (χ0n) is 34.5. The van der Waals surface area contributed by atoms with Crippen LogP contribution in [0.5, 0.6) is 0 Å². The summed E-state index contributed by atoms with van der Waals surface area (Å²) in [6, 6.07) is 1.49. The molecule has 5 heterocycles. The first-order valence-electron chi connectivity index (χ1n) is 15.8. The quantitative estimate of drug-likeness (QED) is 0.0587. The van der Waals surface area contributed by atoms with E-state index in [0.717, 1.165) is 74.8 Å². The third-order valence-corrected chi connectivity index (χ3v) is 9.75. The van der Waals surface area contributed by atoms with Gasteiger partial charge in [-0.05, 0) is 109 Å². The second-order valence-electron chi connectivity index (χ2n) is 11.5. The van der Waals surface area contributed by atoms with E-state index in [4.69, 9.17) is 5.11 Å². The molecule has 2 N–H and O–H groups in total. The Bertz CT molecular complexity index is 1930. The van der Waals surface area contributed by atoms with E-state index in [2.05, 4.69) is 108 Å². The van der Waals surface area contributed by atoms with Crippen molar-refractivity contribution in [2.24, 2.45) is 28.2 Å². The molecule has 0 saturated carbocycles. The van der Waals surface area contributed by atoms with Crippen LogP contribution in [0, 0.1) is 62.3 Å². The maximum Gasteiger partial charge on any atom is 1.00 e. The Morgan fingerprint density at radius 1 is 0.741 bits per heavy atom. The smallest absolute Gasteiger partial charge is 1.00 e. The number of nitrogens with one attached hydrogen (secondary N) is 1. The molecule has 0 aliphatic rings. The molecule has 0 amide bonds. The minimum absolute atomic E-state index is 0. The molecule has 3 radical (unpaired) electrons. The number of halogens is 4. The average Bonchev–Trinajstić information content (AvgIpc) is 3.69. The second-order valence-corrected chi connectivity index (χ2v) is 28.4. The number of carbonyl (C=O) groups excluding carboxylic acids is 1. The standard InChI is InChI=1S/C12H16N4OS.C7H11BrN2.C7H12N2O.C7H10N2O.B.Br3P.Na.H/c1-7-5-11(17)15-12(13-7)18-6-10-8(2)16(4)9(3)14-10;1-5-7(4-8)9-6(2)10(5)3;2*1-5-7(4-10)8-6(2)9(5)3;;1-4(2)3;;/h5H,6H2,1-4H3,(H,13,15,17);4H2,1-3H3;10H,4H2,1-3H3;4H,1-3H3;;;;/q;;;;;;+1;-1. The van der Waals surface area contributed by atoms with Gasteiger partial charge in [0.1, 0.15) is 33.0 Å². The number of carbonyl (C=O) groups is 1. The zero-order chi connectivity index (χ0) is 40.0. The topological polar surface area (TPSA) is 154 Å². The average molecular weight is 1050 g/mol. The Hall–Kier alpha value is -0.885. The maximum atomic E-state index is 11.3. The molecule has 0 saturated heterocycles. The summed E-state index contributed by atoms with van der Waals surface area (Å²) in [5, 5.41) is 10.3. The van der Waals surface area contributed by atoms with Crippen molar-refractivity contribution in [3.63, 3.8) is 0 Å². The van der Waals surface area contributed by atoms with E-state index in [1.54, 1.807) is 0 Å². The van der Waals surface area contributed by atoms with Crippen molar-refractivity contribution in [1.82, 2.24) is 48.2 Å². The summed E-state index contributed by atoms with van der Waals surface area (Å²) in [6.45, 7) is 17.6. The molecule has 0 fully saturated rings. The molecule has 0 bridgehead atoms. The molecule has 0 aromatic carbocycles. The van der Waals surface area contributed by atoms with Crippen LogP contribution < -0.4 is 35.1 Å². The van der Waals surface area contributed by atoms with E-state index in [9.17, 15) is 9.59 Å². The fourth-order valence-electron chi connectivity index (χ4n) is 4.39. The number of thioether (sulfide) groups is 1. The van der Waals surface area contributed by atoms with Crippen molar-refractivity contribution in [2.45, 2.75) is 85.2 Å². The van der Waals surface area contributed by atoms with Crippen molar-refractivity contribution < 1.29 is 40.9 Å². The number of aliphatic hydroxyl groups excluding tert-OH is 1. The third kappa shape index (κ3) is 17.3. The van der Waals surface area contributed by atoms with Crippen LogP contribution in [0.1, 0.15) is 80.8 Å². The Morgan fingerprint density at radius 2 is 1.13 bits per heavy atom. The van der Waals surface area contributed by atoms with Gasteiger partial charge in [-0.1, -0.05) is 27.7 Å². The van der Waals surface area contributed by atoms with Gasteiger partial charge >= 0.3 is 29.6 Å². The van der Waals surface area contributed by atoms with Gasteiger partial charge in [0.25, 0.3) is 5.56 Å². The number of nitrogens with zero attached hydrogens (tertiary/aromatic N) is 9. The van der Waals surface area contributed by atoms with Crippen molar-refractivity contribution in [2.75, 3.05) is 0 Å².